The summed E-state index contributed by atoms with van der Waals surface area (Å²) in [5.41, 5.74) is 0. The zero-order valence-corrected chi connectivity index (χ0v) is 8.74. The standard InChI is InChI=1S/C10H8.C2H2O5/c1-2-6-10-8-4-3-7-9(10)5-1;3-1(4)7-2(5)6/h1-8H;(H,3,4)(H,5,6). The van der Waals surface area contributed by atoms with Crippen LogP contribution in [0.3, 0.4) is 0 Å². The summed E-state index contributed by atoms with van der Waals surface area (Å²) < 4.78 is 3.08. The lowest BCUT2D eigenvalue weighted by Gasteiger charge is -1.92. The first kappa shape index (κ1) is 12.5. The van der Waals surface area contributed by atoms with Gasteiger partial charge in [0.25, 0.3) is 0 Å². The third-order valence-corrected chi connectivity index (χ3v) is 1.83. The normalized spacial score (nSPS) is 8.94. The highest BCUT2D eigenvalue weighted by Crippen LogP contribution is 2.11. The number of hydrogen-bond acceptors (Lipinski definition) is 3. The van der Waals surface area contributed by atoms with E-state index in [2.05, 4.69) is 53.3 Å². The number of fused-ring (bicyclic) bond motifs is 1. The van der Waals surface area contributed by atoms with Gasteiger partial charge in [-0.05, 0) is 10.8 Å². The Hall–Kier alpha value is -2.56. The molecule has 5 nitrogen and oxygen atoms in total. The van der Waals surface area contributed by atoms with E-state index in [1.54, 1.807) is 0 Å². The Balaban J connectivity index is 0.000000185. The van der Waals surface area contributed by atoms with Gasteiger partial charge in [0.05, 0.1) is 0 Å². The van der Waals surface area contributed by atoms with Crippen molar-refractivity contribution in [1.29, 1.82) is 0 Å². The Morgan fingerprint density at radius 3 is 1.24 bits per heavy atom. The summed E-state index contributed by atoms with van der Waals surface area (Å²) >= 11 is 0. The SMILES string of the molecule is O=C(O)OC(=O)O.c1ccc2ccccc2c1. The maximum Gasteiger partial charge on any atom is 0.516 e. The summed E-state index contributed by atoms with van der Waals surface area (Å²) in [5.74, 6) is 0. The van der Waals surface area contributed by atoms with E-state index < -0.39 is 12.3 Å². The fourth-order valence-electron chi connectivity index (χ4n) is 1.21. The molecule has 0 saturated carbocycles. The van der Waals surface area contributed by atoms with Crippen LogP contribution in [0.15, 0.2) is 48.5 Å². The smallest absolute Gasteiger partial charge is 0.449 e. The summed E-state index contributed by atoms with van der Waals surface area (Å²) in [4.78, 5) is 18.4. The lowest BCUT2D eigenvalue weighted by molar-refractivity contribution is 0.0802. The molecule has 2 aromatic carbocycles. The highest BCUT2D eigenvalue weighted by molar-refractivity contribution is 5.82. The van der Waals surface area contributed by atoms with Gasteiger partial charge >= 0.3 is 12.3 Å². The molecule has 0 saturated heterocycles. The van der Waals surface area contributed by atoms with E-state index in [4.69, 9.17) is 10.2 Å². The quantitative estimate of drug-likeness (QED) is 0.540. The molecule has 2 aromatic rings. The summed E-state index contributed by atoms with van der Waals surface area (Å²) in [6.45, 7) is 0. The van der Waals surface area contributed by atoms with E-state index in [-0.39, 0.29) is 0 Å². The van der Waals surface area contributed by atoms with Crippen molar-refractivity contribution >= 4 is 23.1 Å². The van der Waals surface area contributed by atoms with Crippen LogP contribution >= 0.6 is 0 Å². The molecule has 0 unspecified atom stereocenters. The van der Waals surface area contributed by atoms with Crippen LogP contribution in [-0.4, -0.2) is 22.5 Å². The van der Waals surface area contributed by atoms with E-state index in [0.717, 1.165) is 0 Å². The molecule has 0 heterocycles. The number of hydrogen-bond donors (Lipinski definition) is 2. The van der Waals surface area contributed by atoms with Crippen LogP contribution in [0.25, 0.3) is 10.8 Å². The Morgan fingerprint density at radius 1 is 0.765 bits per heavy atom. The number of carboxylic acid groups (broad SMARTS) is 2. The Bertz CT molecular complexity index is 444. The van der Waals surface area contributed by atoms with Crippen molar-refractivity contribution < 1.29 is 24.5 Å². The predicted molar refractivity (Wildman–Crippen MR) is 61.1 cm³/mol. The fraction of sp³-hybridized carbons (Fsp3) is 0. The number of rotatable bonds is 0. The molecule has 0 spiro atoms. The first-order valence-corrected chi connectivity index (χ1v) is 4.67. The van der Waals surface area contributed by atoms with Crippen LogP contribution in [0, 0.1) is 0 Å². The predicted octanol–water partition coefficient (Wildman–Crippen LogP) is 3.20. The van der Waals surface area contributed by atoms with Crippen molar-refractivity contribution in [2.24, 2.45) is 0 Å². The van der Waals surface area contributed by atoms with Gasteiger partial charge in [0.15, 0.2) is 0 Å². The molecule has 0 aliphatic heterocycles. The molecule has 2 rings (SSSR count). The van der Waals surface area contributed by atoms with E-state index in [0.29, 0.717) is 0 Å². The van der Waals surface area contributed by atoms with Crippen LogP contribution < -0.4 is 0 Å². The number of ether oxygens (including phenoxy) is 1. The van der Waals surface area contributed by atoms with Crippen molar-refractivity contribution in [3.05, 3.63) is 48.5 Å². The Kier molecular flexibility index (Phi) is 4.50. The third-order valence-electron chi connectivity index (χ3n) is 1.83. The second-order valence-corrected chi connectivity index (χ2v) is 2.98. The van der Waals surface area contributed by atoms with Crippen LogP contribution in [0.1, 0.15) is 0 Å². The molecule has 0 amide bonds. The molecule has 0 fully saturated rings. The van der Waals surface area contributed by atoms with E-state index in [9.17, 15) is 9.59 Å². The molecule has 0 bridgehead atoms. The fourth-order valence-corrected chi connectivity index (χ4v) is 1.21. The highest BCUT2D eigenvalue weighted by Gasteiger charge is 2.01. The molecule has 0 aliphatic carbocycles. The molecule has 0 aromatic heterocycles. The summed E-state index contributed by atoms with van der Waals surface area (Å²) in [5, 5.41) is 17.6. The average molecular weight is 234 g/mol. The van der Waals surface area contributed by atoms with Gasteiger partial charge < -0.3 is 14.9 Å². The molecule has 2 N–H and O–H groups in total. The van der Waals surface area contributed by atoms with Gasteiger partial charge in [-0.1, -0.05) is 48.5 Å². The van der Waals surface area contributed by atoms with Crippen LogP contribution in [0.4, 0.5) is 9.59 Å². The summed E-state index contributed by atoms with van der Waals surface area (Å²) in [6, 6.07) is 16.7. The second-order valence-electron chi connectivity index (χ2n) is 2.98. The van der Waals surface area contributed by atoms with Crippen molar-refractivity contribution in [2.75, 3.05) is 0 Å². The van der Waals surface area contributed by atoms with Crippen LogP contribution in [-0.2, 0) is 4.74 Å². The topological polar surface area (TPSA) is 83.8 Å². The third kappa shape index (κ3) is 4.65. The maximum absolute atomic E-state index is 9.21. The van der Waals surface area contributed by atoms with Gasteiger partial charge in [-0.15, -0.1) is 0 Å². The average Bonchev–Trinajstić information content (AvgIpc) is 2.28. The van der Waals surface area contributed by atoms with Crippen LogP contribution in [0.5, 0.6) is 0 Å². The lowest BCUT2D eigenvalue weighted by atomic mass is 10.1. The van der Waals surface area contributed by atoms with E-state index >= 15 is 0 Å². The molecular weight excluding hydrogens is 224 g/mol. The zero-order valence-electron chi connectivity index (χ0n) is 8.74. The highest BCUT2D eigenvalue weighted by atomic mass is 16.7. The molecular formula is C12H10O5. The molecule has 5 heteroatoms. The molecule has 17 heavy (non-hydrogen) atoms. The minimum atomic E-state index is -1.81. The van der Waals surface area contributed by atoms with Gasteiger partial charge in [0.2, 0.25) is 0 Å². The minimum Gasteiger partial charge on any atom is -0.449 e. The monoisotopic (exact) mass is 234 g/mol. The number of benzene rings is 2. The molecule has 88 valence electrons. The Morgan fingerprint density at radius 2 is 1.06 bits per heavy atom. The second kappa shape index (κ2) is 6.12. The maximum atomic E-state index is 9.21. The zero-order chi connectivity index (χ0) is 12.7. The van der Waals surface area contributed by atoms with Gasteiger partial charge in [-0.3, -0.25) is 0 Å². The first-order chi connectivity index (χ1) is 8.09. The largest absolute Gasteiger partial charge is 0.516 e. The first-order valence-electron chi connectivity index (χ1n) is 4.67. The van der Waals surface area contributed by atoms with Crippen molar-refractivity contribution in [2.45, 2.75) is 0 Å². The van der Waals surface area contributed by atoms with E-state index in [1.807, 2.05) is 0 Å². The van der Waals surface area contributed by atoms with Gasteiger partial charge in [-0.2, -0.15) is 0 Å². The lowest BCUT2D eigenvalue weighted by Crippen LogP contribution is -2.05. The van der Waals surface area contributed by atoms with Crippen molar-refractivity contribution in [3.8, 4) is 0 Å². The van der Waals surface area contributed by atoms with Crippen molar-refractivity contribution in [1.82, 2.24) is 0 Å². The van der Waals surface area contributed by atoms with E-state index in [1.165, 1.54) is 10.8 Å². The van der Waals surface area contributed by atoms with Crippen LogP contribution in [0.2, 0.25) is 0 Å². The van der Waals surface area contributed by atoms with Crippen molar-refractivity contribution in [3.63, 3.8) is 0 Å². The summed E-state index contributed by atoms with van der Waals surface area (Å²) in [6.07, 6.45) is -3.62. The number of carbonyl (C=O) groups is 2. The molecule has 0 aliphatic rings. The van der Waals surface area contributed by atoms with Gasteiger partial charge in [0.1, 0.15) is 0 Å². The van der Waals surface area contributed by atoms with Gasteiger partial charge in [-0.25, -0.2) is 9.59 Å². The molecule has 0 atom stereocenters. The Labute approximate surface area is 96.9 Å². The van der Waals surface area contributed by atoms with Gasteiger partial charge in [0, 0.05) is 0 Å². The summed E-state index contributed by atoms with van der Waals surface area (Å²) in [7, 11) is 0. The molecule has 0 radical (unpaired) electrons. The minimum absolute atomic E-state index is 1.31.